The van der Waals surface area contributed by atoms with Gasteiger partial charge in [0.2, 0.25) is 11.2 Å². The minimum Gasteiger partial charge on any atom is -0.207 e. The molecule has 0 unspecified atom stereocenters. The molecule has 0 saturated heterocycles. The van der Waals surface area contributed by atoms with Crippen LogP contribution in [0.2, 0.25) is 0 Å². The summed E-state index contributed by atoms with van der Waals surface area (Å²) in [5.74, 6) is -0.811. The zero-order valence-electron chi connectivity index (χ0n) is 9.06. The minimum atomic E-state index is -5.35. The van der Waals surface area contributed by atoms with Crippen LogP contribution in [0, 0.1) is 5.82 Å². The molecule has 0 amide bonds. The maximum atomic E-state index is 13.2. The van der Waals surface area contributed by atoms with Gasteiger partial charge < -0.3 is 0 Å². The van der Waals surface area contributed by atoms with Crippen molar-refractivity contribution in [3.05, 3.63) is 35.7 Å². The van der Waals surface area contributed by atoms with Gasteiger partial charge in [0.25, 0.3) is 0 Å². The van der Waals surface area contributed by atoms with Crippen LogP contribution in [-0.2, 0) is 0 Å². The van der Waals surface area contributed by atoms with E-state index >= 15 is 0 Å². The molecule has 1 aromatic rings. The minimum absolute atomic E-state index is 0.379. The first-order chi connectivity index (χ1) is 7.97. The van der Waals surface area contributed by atoms with Crippen molar-refractivity contribution in [3.63, 3.8) is 0 Å². The lowest BCUT2D eigenvalue weighted by Crippen LogP contribution is -1.94. The van der Waals surface area contributed by atoms with Crippen LogP contribution in [0.15, 0.2) is 29.2 Å². The fraction of sp³-hybridized carbons (Fsp3) is 0.333. The highest BCUT2D eigenvalue weighted by molar-refractivity contribution is 8.20. The lowest BCUT2D eigenvalue weighted by Gasteiger charge is -2.16. The summed E-state index contributed by atoms with van der Waals surface area (Å²) in [5.41, 5.74) is 1.21. The fourth-order valence-corrected chi connectivity index (χ4v) is 2.49. The van der Waals surface area contributed by atoms with Crippen LogP contribution in [0.3, 0.4) is 0 Å². The highest BCUT2D eigenvalue weighted by Crippen LogP contribution is 2.61. The summed E-state index contributed by atoms with van der Waals surface area (Å²) >= 11 is -5.35. The summed E-state index contributed by atoms with van der Waals surface area (Å²) in [7, 11) is 0. The molecule has 0 atom stereocenters. The second-order valence-corrected chi connectivity index (χ2v) is 5.34. The van der Waals surface area contributed by atoms with Crippen LogP contribution in [0.4, 0.5) is 16.0 Å². The van der Waals surface area contributed by atoms with Crippen LogP contribution < -0.4 is 0 Å². The monoisotopic (exact) mass is 264 g/mol. The average molecular weight is 264 g/mol. The van der Waals surface area contributed by atoms with Gasteiger partial charge in [0.1, 0.15) is 5.82 Å². The smallest absolute Gasteiger partial charge is 0.207 e. The SMILES string of the molecule is Fc1cc(C2=CCCCC2)cc(S(F)(F)F)c1. The van der Waals surface area contributed by atoms with Gasteiger partial charge in [0.05, 0.1) is 4.90 Å². The number of allylic oxidation sites excluding steroid dienone is 2. The third kappa shape index (κ3) is 3.03. The molecule has 0 N–H and O–H groups in total. The van der Waals surface area contributed by atoms with E-state index < -0.39 is 21.9 Å². The van der Waals surface area contributed by atoms with Crippen molar-refractivity contribution in [1.29, 1.82) is 0 Å². The number of hydrogen-bond acceptors (Lipinski definition) is 0. The molecule has 17 heavy (non-hydrogen) atoms. The second kappa shape index (κ2) is 4.72. The van der Waals surface area contributed by atoms with Gasteiger partial charge >= 0.3 is 0 Å². The van der Waals surface area contributed by atoms with Gasteiger partial charge in [-0.1, -0.05) is 6.08 Å². The van der Waals surface area contributed by atoms with E-state index in [4.69, 9.17) is 0 Å². The Kier molecular flexibility index (Phi) is 3.47. The Morgan fingerprint density at radius 3 is 2.35 bits per heavy atom. The molecule has 0 aliphatic heterocycles. The van der Waals surface area contributed by atoms with Gasteiger partial charge in [0, 0.05) is 0 Å². The molecule has 0 radical (unpaired) electrons. The Morgan fingerprint density at radius 1 is 1.00 bits per heavy atom. The maximum Gasteiger partial charge on any atom is 0.237 e. The molecular formula is C12H12F4S. The van der Waals surface area contributed by atoms with Gasteiger partial charge in [-0.2, -0.15) is 0 Å². The summed E-state index contributed by atoms with van der Waals surface area (Å²) in [6.07, 6.45) is 5.51. The number of halogens is 4. The van der Waals surface area contributed by atoms with Crippen LogP contribution >= 0.6 is 11.2 Å². The molecule has 1 aromatic carbocycles. The predicted molar refractivity (Wildman–Crippen MR) is 62.0 cm³/mol. The number of rotatable bonds is 2. The van der Waals surface area contributed by atoms with Gasteiger partial charge in [0.15, 0.2) is 0 Å². The van der Waals surface area contributed by atoms with Gasteiger partial charge in [-0.15, -0.1) is 11.7 Å². The van der Waals surface area contributed by atoms with Crippen molar-refractivity contribution in [2.24, 2.45) is 0 Å². The molecule has 0 heterocycles. The summed E-state index contributed by atoms with van der Waals surface area (Å²) in [4.78, 5) is -0.834. The van der Waals surface area contributed by atoms with Crippen molar-refractivity contribution < 1.29 is 16.0 Å². The Balaban J connectivity index is 2.41. The molecule has 94 valence electrons. The van der Waals surface area contributed by atoms with E-state index in [0.717, 1.165) is 37.3 Å². The molecule has 2 rings (SSSR count). The largest absolute Gasteiger partial charge is 0.237 e. The van der Waals surface area contributed by atoms with Gasteiger partial charge in [-0.05, 0) is 55.0 Å². The zero-order valence-corrected chi connectivity index (χ0v) is 9.87. The van der Waals surface area contributed by atoms with E-state index in [2.05, 4.69) is 0 Å². The fourth-order valence-electron chi connectivity index (χ4n) is 1.98. The third-order valence-corrected chi connectivity index (χ3v) is 3.57. The van der Waals surface area contributed by atoms with E-state index in [1.165, 1.54) is 6.07 Å². The Bertz CT molecular complexity index is 448. The lowest BCUT2D eigenvalue weighted by molar-refractivity contribution is 0.607. The van der Waals surface area contributed by atoms with Crippen molar-refractivity contribution in [2.45, 2.75) is 30.6 Å². The number of hydrogen-bond donors (Lipinski definition) is 0. The first-order valence-corrected chi connectivity index (χ1v) is 6.72. The molecule has 5 heteroatoms. The second-order valence-electron chi connectivity index (χ2n) is 4.06. The van der Waals surface area contributed by atoms with Crippen LogP contribution in [0.1, 0.15) is 31.2 Å². The van der Waals surface area contributed by atoms with Crippen molar-refractivity contribution >= 4 is 16.8 Å². The van der Waals surface area contributed by atoms with E-state index in [9.17, 15) is 16.0 Å². The summed E-state index contributed by atoms with van der Waals surface area (Å²) in [6.45, 7) is 0. The van der Waals surface area contributed by atoms with Crippen LogP contribution in [-0.4, -0.2) is 0 Å². The van der Waals surface area contributed by atoms with Crippen LogP contribution in [0.25, 0.3) is 5.57 Å². The summed E-state index contributed by atoms with van der Waals surface area (Å²) in [6, 6.07) is 2.82. The first-order valence-electron chi connectivity index (χ1n) is 5.39. The Labute approximate surface area is 99.5 Å². The maximum absolute atomic E-state index is 13.2. The Morgan fingerprint density at radius 2 is 1.76 bits per heavy atom. The lowest BCUT2D eigenvalue weighted by atomic mass is 9.94. The van der Waals surface area contributed by atoms with Crippen molar-refractivity contribution in [3.8, 4) is 0 Å². The van der Waals surface area contributed by atoms with Crippen molar-refractivity contribution in [2.75, 3.05) is 0 Å². The molecular weight excluding hydrogens is 252 g/mol. The van der Waals surface area contributed by atoms with E-state index in [-0.39, 0.29) is 0 Å². The average Bonchev–Trinajstić information content (AvgIpc) is 2.28. The molecule has 1 aliphatic rings. The van der Waals surface area contributed by atoms with E-state index in [1.807, 2.05) is 6.08 Å². The van der Waals surface area contributed by atoms with Crippen molar-refractivity contribution in [1.82, 2.24) is 0 Å². The first kappa shape index (κ1) is 12.5. The highest BCUT2D eigenvalue weighted by atomic mass is 32.3. The molecule has 0 aromatic heterocycles. The highest BCUT2D eigenvalue weighted by Gasteiger charge is 2.26. The van der Waals surface area contributed by atoms with E-state index in [0.29, 0.717) is 11.6 Å². The summed E-state index contributed by atoms with van der Waals surface area (Å²) in [5, 5.41) is 0. The molecule has 0 saturated carbocycles. The zero-order chi connectivity index (χ0) is 12.5. The summed E-state index contributed by atoms with van der Waals surface area (Å²) < 4.78 is 51.0. The van der Waals surface area contributed by atoms with Gasteiger partial charge in [-0.3, -0.25) is 0 Å². The molecule has 0 bridgehead atoms. The normalized spacial score (nSPS) is 17.8. The topological polar surface area (TPSA) is 0 Å². The predicted octanol–water partition coefficient (Wildman–Crippen LogP) is 5.60. The molecule has 1 aliphatic carbocycles. The van der Waals surface area contributed by atoms with Gasteiger partial charge in [-0.25, -0.2) is 4.39 Å². The van der Waals surface area contributed by atoms with E-state index in [1.54, 1.807) is 0 Å². The quantitative estimate of drug-likeness (QED) is 0.610. The Hall–Kier alpha value is -0.970. The molecule has 0 nitrogen and oxygen atoms in total. The molecule has 0 fully saturated rings. The standard InChI is InChI=1S/C12H12F4S/c13-11-6-10(9-4-2-1-3-5-9)7-12(8-11)17(14,15)16/h4,6-8H,1-3,5H2. The van der Waals surface area contributed by atoms with Crippen LogP contribution in [0.5, 0.6) is 0 Å². The molecule has 0 spiro atoms. The third-order valence-electron chi connectivity index (χ3n) is 2.80. The number of benzene rings is 1.